The molecule has 88 valence electrons. The van der Waals surface area contributed by atoms with E-state index in [0.717, 1.165) is 42.0 Å². The van der Waals surface area contributed by atoms with E-state index in [9.17, 15) is 4.79 Å². The van der Waals surface area contributed by atoms with Crippen molar-refractivity contribution < 1.29 is 0 Å². The molecule has 0 aliphatic heterocycles. The molecular weight excluding hydrogens is 216 g/mol. The quantitative estimate of drug-likeness (QED) is 0.685. The lowest BCUT2D eigenvalue weighted by Crippen LogP contribution is -2.17. The topological polar surface area (TPSA) is 87.6 Å². The molecule has 1 aliphatic rings. The van der Waals surface area contributed by atoms with Gasteiger partial charge in [0.05, 0.1) is 5.69 Å². The lowest BCUT2D eigenvalue weighted by Gasteiger charge is -2.15. The van der Waals surface area contributed by atoms with Crippen LogP contribution in [0.1, 0.15) is 30.3 Å². The van der Waals surface area contributed by atoms with Gasteiger partial charge in [-0.2, -0.15) is 0 Å². The van der Waals surface area contributed by atoms with Crippen molar-refractivity contribution in [3.8, 4) is 11.4 Å². The van der Waals surface area contributed by atoms with Crippen LogP contribution >= 0.6 is 0 Å². The van der Waals surface area contributed by atoms with Crippen molar-refractivity contribution >= 4 is 0 Å². The molecule has 2 aromatic rings. The second kappa shape index (κ2) is 3.85. The van der Waals surface area contributed by atoms with E-state index >= 15 is 0 Å². The van der Waals surface area contributed by atoms with Crippen LogP contribution < -0.4 is 11.3 Å². The molecule has 0 bridgehead atoms. The fourth-order valence-electron chi connectivity index (χ4n) is 2.25. The van der Waals surface area contributed by atoms with E-state index in [1.165, 1.54) is 6.07 Å². The molecule has 0 spiro atoms. The summed E-state index contributed by atoms with van der Waals surface area (Å²) >= 11 is 0. The van der Waals surface area contributed by atoms with Crippen LogP contribution in [0.2, 0.25) is 0 Å². The van der Waals surface area contributed by atoms with Crippen LogP contribution in [0.5, 0.6) is 0 Å². The standard InChI is InChI=1S/C12H14N4O/c13-8-2-1-3-9-11(8)16-12(15-9)7-4-5-10(17)14-6-7/h4-6,8H,1-3,13H2,(H,14,17)(H,15,16). The lowest BCUT2D eigenvalue weighted by atomic mass is 9.97. The number of pyridine rings is 1. The molecule has 0 amide bonds. The van der Waals surface area contributed by atoms with Crippen molar-refractivity contribution in [2.24, 2.45) is 5.73 Å². The number of H-pyrrole nitrogens is 2. The summed E-state index contributed by atoms with van der Waals surface area (Å²) in [6, 6.07) is 3.29. The van der Waals surface area contributed by atoms with Crippen molar-refractivity contribution in [1.82, 2.24) is 15.0 Å². The fraction of sp³-hybridized carbons (Fsp3) is 0.333. The maximum Gasteiger partial charge on any atom is 0.247 e. The predicted molar refractivity (Wildman–Crippen MR) is 64.5 cm³/mol. The van der Waals surface area contributed by atoms with Crippen LogP contribution in [0.25, 0.3) is 11.4 Å². The number of hydrogen-bond acceptors (Lipinski definition) is 3. The highest BCUT2D eigenvalue weighted by molar-refractivity contribution is 5.54. The Morgan fingerprint density at radius 2 is 2.29 bits per heavy atom. The number of hydrogen-bond donors (Lipinski definition) is 3. The molecule has 1 unspecified atom stereocenters. The van der Waals surface area contributed by atoms with Crippen molar-refractivity contribution in [2.75, 3.05) is 0 Å². The first-order chi connectivity index (χ1) is 8.24. The van der Waals surface area contributed by atoms with Crippen LogP contribution in [0.3, 0.4) is 0 Å². The molecule has 2 aromatic heterocycles. The molecule has 0 aromatic carbocycles. The molecule has 3 rings (SSSR count). The summed E-state index contributed by atoms with van der Waals surface area (Å²) in [6.07, 6.45) is 4.75. The number of fused-ring (bicyclic) bond motifs is 1. The maximum atomic E-state index is 11.0. The molecule has 1 aliphatic carbocycles. The number of nitrogens with zero attached hydrogens (tertiary/aromatic N) is 1. The van der Waals surface area contributed by atoms with Crippen LogP contribution in [0, 0.1) is 0 Å². The first-order valence-corrected chi connectivity index (χ1v) is 5.77. The summed E-state index contributed by atoms with van der Waals surface area (Å²) in [5.41, 5.74) is 8.89. The molecule has 4 N–H and O–H groups in total. The van der Waals surface area contributed by atoms with E-state index in [1.54, 1.807) is 12.3 Å². The van der Waals surface area contributed by atoms with Gasteiger partial charge in [-0.05, 0) is 25.3 Å². The maximum absolute atomic E-state index is 11.0. The Labute approximate surface area is 98.1 Å². The second-order valence-electron chi connectivity index (χ2n) is 4.39. The molecule has 0 saturated carbocycles. The number of aromatic nitrogens is 3. The highest BCUT2D eigenvalue weighted by Gasteiger charge is 2.21. The first kappa shape index (κ1) is 10.3. The van der Waals surface area contributed by atoms with Crippen molar-refractivity contribution in [1.29, 1.82) is 0 Å². The van der Waals surface area contributed by atoms with E-state index in [1.807, 2.05) is 0 Å². The van der Waals surface area contributed by atoms with Crippen LogP contribution in [-0.4, -0.2) is 15.0 Å². The zero-order valence-corrected chi connectivity index (χ0v) is 9.36. The van der Waals surface area contributed by atoms with Crippen LogP contribution in [-0.2, 0) is 6.42 Å². The highest BCUT2D eigenvalue weighted by Crippen LogP contribution is 2.28. The van der Waals surface area contributed by atoms with E-state index < -0.39 is 0 Å². The lowest BCUT2D eigenvalue weighted by molar-refractivity contribution is 0.555. The van der Waals surface area contributed by atoms with E-state index in [2.05, 4.69) is 15.0 Å². The van der Waals surface area contributed by atoms with Gasteiger partial charge in [-0.25, -0.2) is 4.98 Å². The van der Waals surface area contributed by atoms with E-state index in [0.29, 0.717) is 0 Å². The number of aromatic amines is 2. The number of nitrogens with two attached hydrogens (primary N) is 1. The van der Waals surface area contributed by atoms with Gasteiger partial charge in [0.15, 0.2) is 0 Å². The van der Waals surface area contributed by atoms with Gasteiger partial charge in [0, 0.05) is 29.6 Å². The number of nitrogens with one attached hydrogen (secondary N) is 2. The smallest absolute Gasteiger partial charge is 0.247 e. The number of imidazole rings is 1. The number of rotatable bonds is 1. The summed E-state index contributed by atoms with van der Waals surface area (Å²) in [7, 11) is 0. The Hall–Kier alpha value is -1.88. The Kier molecular flexibility index (Phi) is 2.33. The third-order valence-corrected chi connectivity index (χ3v) is 3.16. The van der Waals surface area contributed by atoms with Crippen molar-refractivity contribution in [2.45, 2.75) is 25.3 Å². The molecule has 2 heterocycles. The van der Waals surface area contributed by atoms with Gasteiger partial charge in [0.25, 0.3) is 0 Å². The predicted octanol–water partition coefficient (Wildman–Crippen LogP) is 1.10. The van der Waals surface area contributed by atoms with Crippen LogP contribution in [0.15, 0.2) is 23.1 Å². The average molecular weight is 230 g/mol. The van der Waals surface area contributed by atoms with Gasteiger partial charge < -0.3 is 15.7 Å². The molecule has 1 atom stereocenters. The molecule has 5 heteroatoms. The molecule has 0 radical (unpaired) electrons. The van der Waals surface area contributed by atoms with Crippen LogP contribution in [0.4, 0.5) is 0 Å². The second-order valence-corrected chi connectivity index (χ2v) is 4.39. The summed E-state index contributed by atoms with van der Waals surface area (Å²) in [4.78, 5) is 21.5. The minimum atomic E-state index is -0.109. The van der Waals surface area contributed by atoms with Gasteiger partial charge in [-0.1, -0.05) is 0 Å². The minimum absolute atomic E-state index is 0.0338. The molecule has 0 fully saturated rings. The molecule has 5 nitrogen and oxygen atoms in total. The first-order valence-electron chi connectivity index (χ1n) is 5.77. The van der Waals surface area contributed by atoms with Gasteiger partial charge in [0.2, 0.25) is 5.56 Å². The van der Waals surface area contributed by atoms with E-state index in [-0.39, 0.29) is 11.6 Å². The highest BCUT2D eigenvalue weighted by atomic mass is 16.1. The SMILES string of the molecule is NC1CCCc2[nH]c(-c3ccc(=O)[nH]c3)nc21. The van der Waals surface area contributed by atoms with Gasteiger partial charge in [-0.3, -0.25) is 4.79 Å². The summed E-state index contributed by atoms with van der Waals surface area (Å²) in [5, 5.41) is 0. The fourth-order valence-corrected chi connectivity index (χ4v) is 2.25. The summed E-state index contributed by atoms with van der Waals surface area (Å²) in [6.45, 7) is 0. The molecular formula is C12H14N4O. The van der Waals surface area contributed by atoms with E-state index in [4.69, 9.17) is 5.73 Å². The Morgan fingerprint density at radius 1 is 1.41 bits per heavy atom. The average Bonchev–Trinajstić information content (AvgIpc) is 2.75. The summed E-state index contributed by atoms with van der Waals surface area (Å²) in [5.74, 6) is 0.781. The van der Waals surface area contributed by atoms with Crippen molar-refractivity contribution in [3.63, 3.8) is 0 Å². The van der Waals surface area contributed by atoms with Gasteiger partial charge in [-0.15, -0.1) is 0 Å². The van der Waals surface area contributed by atoms with Crippen molar-refractivity contribution in [3.05, 3.63) is 40.1 Å². The zero-order chi connectivity index (χ0) is 11.8. The Bertz CT molecular complexity index is 578. The Morgan fingerprint density at radius 3 is 3.00 bits per heavy atom. The molecule has 0 saturated heterocycles. The monoisotopic (exact) mass is 230 g/mol. The van der Waals surface area contributed by atoms with Gasteiger partial charge in [0.1, 0.15) is 5.82 Å². The van der Waals surface area contributed by atoms with Gasteiger partial charge >= 0.3 is 0 Å². The number of aryl methyl sites for hydroxylation is 1. The minimum Gasteiger partial charge on any atom is -0.342 e. The third kappa shape index (κ3) is 1.78. The third-order valence-electron chi connectivity index (χ3n) is 3.16. The molecule has 17 heavy (non-hydrogen) atoms. The largest absolute Gasteiger partial charge is 0.342 e. The Balaban J connectivity index is 2.04. The zero-order valence-electron chi connectivity index (χ0n) is 9.36. The normalized spacial score (nSPS) is 19.0. The summed E-state index contributed by atoms with van der Waals surface area (Å²) < 4.78 is 0.